The summed E-state index contributed by atoms with van der Waals surface area (Å²) in [5.74, 6) is 2.11. The number of hydrogen-bond donors (Lipinski definition) is 1. The number of anilines is 1. The van der Waals surface area contributed by atoms with E-state index in [4.69, 9.17) is 14.5 Å². The zero-order chi connectivity index (χ0) is 23.7. The number of methoxy groups -OCH3 is 1. The van der Waals surface area contributed by atoms with Gasteiger partial charge in [0.05, 0.1) is 35.0 Å². The lowest BCUT2D eigenvalue weighted by Gasteiger charge is -2.30. The molecule has 0 saturated carbocycles. The molecule has 0 radical (unpaired) electrons. The topological polar surface area (TPSA) is 66.9 Å². The highest BCUT2D eigenvalue weighted by Crippen LogP contribution is 2.34. The third-order valence-corrected chi connectivity index (χ3v) is 6.91. The number of ether oxygens (including phenoxy) is 2. The predicted octanol–water partition coefficient (Wildman–Crippen LogP) is 1.12. The van der Waals surface area contributed by atoms with Crippen LogP contribution in [0.15, 0.2) is 41.8 Å². The van der Waals surface area contributed by atoms with Crippen molar-refractivity contribution in [3.63, 3.8) is 0 Å². The van der Waals surface area contributed by atoms with Crippen molar-refractivity contribution < 1.29 is 14.3 Å². The second-order valence-electron chi connectivity index (χ2n) is 9.05. The van der Waals surface area contributed by atoms with Crippen LogP contribution in [0.2, 0.25) is 0 Å². The second kappa shape index (κ2) is 9.40. The summed E-state index contributed by atoms with van der Waals surface area (Å²) in [6, 6.07) is 10.1. The van der Waals surface area contributed by atoms with Crippen molar-refractivity contribution in [3.8, 4) is 17.0 Å². The lowest BCUT2D eigenvalue weighted by Crippen LogP contribution is -2.42. The summed E-state index contributed by atoms with van der Waals surface area (Å²) in [7, 11) is 5.43. The van der Waals surface area contributed by atoms with E-state index in [-0.39, 0.29) is 11.8 Å². The van der Waals surface area contributed by atoms with E-state index in [2.05, 4.69) is 27.7 Å². The van der Waals surface area contributed by atoms with Crippen molar-refractivity contribution >= 4 is 23.4 Å². The van der Waals surface area contributed by atoms with Gasteiger partial charge in [0, 0.05) is 44.9 Å². The molecule has 3 aliphatic rings. The molecule has 1 aromatic heterocycles. The fourth-order valence-corrected chi connectivity index (χ4v) is 4.96. The van der Waals surface area contributed by atoms with Crippen LogP contribution in [0, 0.1) is 11.8 Å². The lowest BCUT2D eigenvalue weighted by molar-refractivity contribution is -0.137. The molecule has 34 heavy (non-hydrogen) atoms. The molecule has 1 amide bonds. The number of aromatic nitrogens is 1. The Kier molecular flexibility index (Phi) is 6.16. The fourth-order valence-electron chi connectivity index (χ4n) is 4.96. The lowest BCUT2D eigenvalue weighted by atomic mass is 9.88. The first-order chi connectivity index (χ1) is 16.6. The van der Waals surface area contributed by atoms with Gasteiger partial charge in [0.1, 0.15) is 12.4 Å². The summed E-state index contributed by atoms with van der Waals surface area (Å²) in [6.45, 7) is 3.82. The van der Waals surface area contributed by atoms with Gasteiger partial charge in [0.2, 0.25) is 5.91 Å². The molecular formula is C27H30N4O3. The van der Waals surface area contributed by atoms with Gasteiger partial charge in [-0.25, -0.2) is 4.98 Å². The molecule has 7 heteroatoms. The Labute approximate surface area is 199 Å². The highest BCUT2D eigenvalue weighted by Gasteiger charge is 2.42. The van der Waals surface area contributed by atoms with Crippen LogP contribution in [0.3, 0.4) is 0 Å². The average Bonchev–Trinajstić information content (AvgIpc) is 3.31. The number of hydrogen-bond acceptors (Lipinski definition) is 6. The van der Waals surface area contributed by atoms with E-state index in [1.54, 1.807) is 7.11 Å². The summed E-state index contributed by atoms with van der Waals surface area (Å²) >= 11 is 0. The molecule has 1 aliphatic carbocycles. The summed E-state index contributed by atoms with van der Waals surface area (Å²) < 4.78 is 11.1. The van der Waals surface area contributed by atoms with Gasteiger partial charge < -0.3 is 24.6 Å². The monoisotopic (exact) mass is 458 g/mol. The van der Waals surface area contributed by atoms with Crippen LogP contribution in [0.4, 0.5) is 5.69 Å². The Hall–Kier alpha value is -3.50. The van der Waals surface area contributed by atoms with Crippen LogP contribution < -0.4 is 25.5 Å². The van der Waals surface area contributed by atoms with Crippen LogP contribution in [0.5, 0.6) is 5.75 Å². The van der Waals surface area contributed by atoms with E-state index >= 15 is 0 Å². The van der Waals surface area contributed by atoms with Crippen molar-refractivity contribution in [2.24, 2.45) is 11.8 Å². The molecule has 2 aromatic rings. The summed E-state index contributed by atoms with van der Waals surface area (Å²) in [5, 5.41) is 4.78. The first-order valence-electron chi connectivity index (χ1n) is 11.8. The molecule has 2 fully saturated rings. The number of likely N-dealkylation sites (N-methyl/N-ethyl adjacent to an activating group) is 1. The highest BCUT2D eigenvalue weighted by atomic mass is 16.5. The van der Waals surface area contributed by atoms with Crippen molar-refractivity contribution in [1.82, 2.24) is 15.2 Å². The number of benzene rings is 1. The van der Waals surface area contributed by atoms with Crippen LogP contribution in [0.25, 0.3) is 23.1 Å². The molecule has 2 unspecified atom stereocenters. The third kappa shape index (κ3) is 4.22. The summed E-state index contributed by atoms with van der Waals surface area (Å²) in [4.78, 5) is 21.9. The number of likely N-dealkylation sites (tertiary alicyclic amines) is 1. The number of amides is 1. The maximum Gasteiger partial charge on any atom is 0.227 e. The molecule has 0 bridgehead atoms. The van der Waals surface area contributed by atoms with Gasteiger partial charge in [0.15, 0.2) is 5.76 Å². The van der Waals surface area contributed by atoms with E-state index in [9.17, 15) is 4.79 Å². The minimum Gasteiger partial charge on any atom is -0.492 e. The maximum atomic E-state index is 12.8. The number of piperidine rings is 1. The number of carbonyl (C=O) groups is 1. The van der Waals surface area contributed by atoms with E-state index in [1.807, 2.05) is 49.3 Å². The first kappa shape index (κ1) is 22.3. The van der Waals surface area contributed by atoms with Crippen molar-refractivity contribution in [2.75, 3.05) is 58.9 Å². The quantitative estimate of drug-likeness (QED) is 0.496. The van der Waals surface area contributed by atoms with E-state index in [0.29, 0.717) is 24.8 Å². The normalized spacial score (nSPS) is 20.8. The number of pyridine rings is 1. The molecule has 2 atom stereocenters. The van der Waals surface area contributed by atoms with Gasteiger partial charge in [-0.05, 0) is 55.4 Å². The minimum absolute atomic E-state index is 0.0432. The molecule has 1 aromatic carbocycles. The number of allylic oxidation sites excluding steroid dienone is 1. The SMILES string of the molecule is CNCCOc1ccc(-c2cc(N3CC4CCN(C)C(=O)C4C3)c3c(n2)=CC(OC)=C=C=3)cc1. The van der Waals surface area contributed by atoms with Gasteiger partial charge in [0.25, 0.3) is 0 Å². The number of carbonyl (C=O) groups excluding carboxylic acids is 1. The molecule has 0 spiro atoms. The van der Waals surface area contributed by atoms with Crippen molar-refractivity contribution in [2.45, 2.75) is 6.42 Å². The van der Waals surface area contributed by atoms with Gasteiger partial charge in [-0.3, -0.25) is 4.79 Å². The largest absolute Gasteiger partial charge is 0.492 e. The summed E-state index contributed by atoms with van der Waals surface area (Å²) in [5.41, 5.74) is 9.25. The third-order valence-electron chi connectivity index (χ3n) is 6.91. The Balaban J connectivity index is 1.53. The van der Waals surface area contributed by atoms with Gasteiger partial charge in [-0.2, -0.15) is 0 Å². The zero-order valence-electron chi connectivity index (χ0n) is 19.9. The molecule has 7 nitrogen and oxygen atoms in total. The molecule has 2 aliphatic heterocycles. The van der Waals surface area contributed by atoms with E-state index in [1.165, 1.54) is 0 Å². The Morgan fingerprint density at radius 2 is 2.03 bits per heavy atom. The number of rotatable bonds is 7. The van der Waals surface area contributed by atoms with Crippen molar-refractivity contribution in [3.05, 3.63) is 52.4 Å². The maximum absolute atomic E-state index is 12.8. The number of nitrogens with zero attached hydrogens (tertiary/aromatic N) is 3. The fraction of sp³-hybridized carbons (Fsp3) is 0.407. The molecule has 3 heterocycles. The molecule has 2 saturated heterocycles. The van der Waals surface area contributed by atoms with Gasteiger partial charge in [-0.15, -0.1) is 0 Å². The predicted molar refractivity (Wildman–Crippen MR) is 132 cm³/mol. The van der Waals surface area contributed by atoms with Crippen LogP contribution in [0.1, 0.15) is 6.42 Å². The second-order valence-corrected chi connectivity index (χ2v) is 9.05. The van der Waals surface area contributed by atoms with Gasteiger partial charge >= 0.3 is 0 Å². The van der Waals surface area contributed by atoms with Crippen LogP contribution >= 0.6 is 0 Å². The highest BCUT2D eigenvalue weighted by molar-refractivity contribution is 5.81. The Bertz CT molecular complexity index is 1290. The Morgan fingerprint density at radius 3 is 2.79 bits per heavy atom. The van der Waals surface area contributed by atoms with Crippen molar-refractivity contribution in [1.29, 1.82) is 0 Å². The molecule has 1 N–H and O–H groups in total. The van der Waals surface area contributed by atoms with Gasteiger partial charge in [-0.1, -0.05) is 5.73 Å². The first-order valence-corrected chi connectivity index (χ1v) is 11.8. The molecule has 5 rings (SSSR count). The molecular weight excluding hydrogens is 428 g/mol. The minimum atomic E-state index is 0.0432. The standard InChI is InChI=1S/C27H30N4O3/c1-28-11-13-34-20-6-4-18(5-7-20)24-15-26(22-9-8-21(33-3)14-25(22)29-24)31-16-19-10-12-30(2)27(32)23(19)17-31/h4-7,14-15,19,23,28H,10-13,16-17H2,1-3H3. The van der Waals surface area contributed by atoms with E-state index < -0.39 is 0 Å². The smallest absolute Gasteiger partial charge is 0.227 e. The average molecular weight is 459 g/mol. The van der Waals surface area contributed by atoms with Crippen LogP contribution in [-0.4, -0.2) is 69.8 Å². The number of fused-ring (bicyclic) bond motifs is 2. The van der Waals surface area contributed by atoms with E-state index in [0.717, 1.165) is 59.3 Å². The molecule has 176 valence electrons. The number of nitrogens with one attached hydrogen (secondary N) is 1. The zero-order valence-corrected chi connectivity index (χ0v) is 19.9. The summed E-state index contributed by atoms with van der Waals surface area (Å²) in [6.07, 6.45) is 2.94. The van der Waals surface area contributed by atoms with Crippen LogP contribution in [-0.2, 0) is 9.53 Å². The Morgan fingerprint density at radius 1 is 1.21 bits per heavy atom.